The first-order chi connectivity index (χ1) is 14.8. The van der Waals surface area contributed by atoms with Crippen LogP contribution in [0.3, 0.4) is 0 Å². The second kappa shape index (κ2) is 6.31. The summed E-state index contributed by atoms with van der Waals surface area (Å²) in [4.78, 5) is 44.4. The topological polar surface area (TPSA) is 69.7 Å². The van der Waals surface area contributed by atoms with Crippen LogP contribution in [0.5, 0.6) is 0 Å². The van der Waals surface area contributed by atoms with Gasteiger partial charge >= 0.3 is 0 Å². The molecule has 6 nitrogen and oxygen atoms in total. The molecule has 3 saturated heterocycles. The third kappa shape index (κ3) is 2.30. The highest BCUT2D eigenvalue weighted by molar-refractivity contribution is 6.36. The van der Waals surface area contributed by atoms with Crippen LogP contribution >= 0.6 is 23.2 Å². The monoisotopic (exact) mass is 455 g/mol. The molecule has 0 aliphatic carbocycles. The molecule has 8 heteroatoms. The number of amides is 3. The van der Waals surface area contributed by atoms with Crippen LogP contribution in [0, 0.1) is 18.8 Å². The third-order valence-corrected chi connectivity index (χ3v) is 7.69. The van der Waals surface area contributed by atoms with Gasteiger partial charge in [0.1, 0.15) is 5.54 Å². The van der Waals surface area contributed by atoms with E-state index in [0.717, 1.165) is 24.0 Å². The fraction of sp³-hybridized carbons (Fsp3) is 0.348. The Morgan fingerprint density at radius 1 is 1.03 bits per heavy atom. The molecule has 2 aromatic carbocycles. The van der Waals surface area contributed by atoms with E-state index < -0.39 is 17.4 Å². The van der Waals surface area contributed by atoms with Gasteiger partial charge in [0.05, 0.1) is 17.5 Å². The molecule has 31 heavy (non-hydrogen) atoms. The van der Waals surface area contributed by atoms with Crippen LogP contribution in [0.2, 0.25) is 10.0 Å². The molecule has 0 bridgehead atoms. The van der Waals surface area contributed by atoms with Gasteiger partial charge in [0.2, 0.25) is 17.7 Å². The van der Waals surface area contributed by atoms with E-state index in [1.165, 1.54) is 4.90 Å². The van der Waals surface area contributed by atoms with Crippen molar-refractivity contribution >= 4 is 52.3 Å². The molecule has 4 aliphatic heterocycles. The molecule has 0 saturated carbocycles. The molecule has 4 aliphatic rings. The minimum atomic E-state index is -1.17. The lowest BCUT2D eigenvalue weighted by Gasteiger charge is -2.36. The van der Waals surface area contributed by atoms with Crippen molar-refractivity contribution in [3.05, 3.63) is 57.6 Å². The SMILES string of the molecule is Cc1ccc2c(c1)C1(C(=O)N2)C2C(=O)N(c3cc(Cl)cc(Cl)c3)C(=O)C2C2CCCN21. The summed E-state index contributed by atoms with van der Waals surface area (Å²) in [5, 5.41) is 3.67. The number of rotatable bonds is 1. The summed E-state index contributed by atoms with van der Waals surface area (Å²) in [5.74, 6) is -2.24. The zero-order chi connectivity index (χ0) is 21.7. The van der Waals surface area contributed by atoms with Gasteiger partial charge in [-0.25, -0.2) is 4.90 Å². The van der Waals surface area contributed by atoms with Gasteiger partial charge in [-0.2, -0.15) is 0 Å². The normalized spacial score (nSPS) is 31.4. The van der Waals surface area contributed by atoms with Crippen molar-refractivity contribution in [2.45, 2.75) is 31.3 Å². The Hall–Kier alpha value is -2.41. The molecule has 2 aromatic rings. The quantitative estimate of drug-likeness (QED) is 0.665. The van der Waals surface area contributed by atoms with Crippen LogP contribution in [0.25, 0.3) is 0 Å². The van der Waals surface area contributed by atoms with Gasteiger partial charge in [0.25, 0.3) is 0 Å². The van der Waals surface area contributed by atoms with Crippen LogP contribution < -0.4 is 10.2 Å². The lowest BCUT2D eigenvalue weighted by atomic mass is 9.75. The summed E-state index contributed by atoms with van der Waals surface area (Å²) in [6, 6.07) is 10.3. The van der Waals surface area contributed by atoms with Gasteiger partial charge in [-0.05, 0) is 50.6 Å². The zero-order valence-electron chi connectivity index (χ0n) is 16.7. The maximum atomic E-state index is 13.9. The number of hydrogen-bond donors (Lipinski definition) is 1. The van der Waals surface area contributed by atoms with Gasteiger partial charge in [0.15, 0.2) is 0 Å². The maximum absolute atomic E-state index is 13.9. The molecule has 158 valence electrons. The number of carbonyl (C=O) groups is 3. The molecule has 0 aromatic heterocycles. The highest BCUT2D eigenvalue weighted by atomic mass is 35.5. The van der Waals surface area contributed by atoms with E-state index in [0.29, 0.717) is 28.0 Å². The first-order valence-corrected chi connectivity index (χ1v) is 11.1. The Kier molecular flexibility index (Phi) is 3.93. The van der Waals surface area contributed by atoms with E-state index in [1.807, 2.05) is 25.1 Å². The number of nitrogens with one attached hydrogen (secondary N) is 1. The second-order valence-corrected chi connectivity index (χ2v) is 9.69. The smallest absolute Gasteiger partial charge is 0.250 e. The standard InChI is InChI=1S/C23H19Cl2N3O3/c1-11-4-5-16-15(7-11)23(22(31)26-16)19-18(17-3-2-6-27(17)23)20(29)28(21(19)30)14-9-12(24)8-13(25)10-14/h4-5,7-10,17-19H,2-3,6H2,1H3,(H,26,31). The Morgan fingerprint density at radius 2 is 1.77 bits per heavy atom. The van der Waals surface area contributed by atoms with Crippen molar-refractivity contribution in [3.63, 3.8) is 0 Å². The van der Waals surface area contributed by atoms with Crippen molar-refractivity contribution < 1.29 is 14.4 Å². The minimum Gasteiger partial charge on any atom is -0.324 e. The van der Waals surface area contributed by atoms with E-state index in [2.05, 4.69) is 10.2 Å². The number of aryl methyl sites for hydroxylation is 1. The van der Waals surface area contributed by atoms with Crippen LogP contribution in [0.4, 0.5) is 11.4 Å². The number of hydrogen-bond acceptors (Lipinski definition) is 4. The van der Waals surface area contributed by atoms with Crippen molar-refractivity contribution in [1.82, 2.24) is 4.90 Å². The summed E-state index contributed by atoms with van der Waals surface area (Å²) in [6.45, 7) is 2.65. The van der Waals surface area contributed by atoms with Gasteiger partial charge in [-0.1, -0.05) is 40.9 Å². The fourth-order valence-electron chi connectivity index (χ4n) is 6.24. The minimum absolute atomic E-state index is 0.154. The average molecular weight is 456 g/mol. The fourth-order valence-corrected chi connectivity index (χ4v) is 6.75. The number of nitrogens with zero attached hydrogens (tertiary/aromatic N) is 2. The lowest BCUT2D eigenvalue weighted by Crippen LogP contribution is -2.54. The molecular weight excluding hydrogens is 437 g/mol. The molecule has 4 unspecified atom stereocenters. The van der Waals surface area contributed by atoms with E-state index in [9.17, 15) is 14.4 Å². The van der Waals surface area contributed by atoms with E-state index in [-0.39, 0.29) is 23.8 Å². The van der Waals surface area contributed by atoms with Gasteiger partial charge in [0, 0.05) is 27.3 Å². The second-order valence-electron chi connectivity index (χ2n) is 8.82. The molecule has 3 fully saturated rings. The van der Waals surface area contributed by atoms with Crippen LogP contribution in [-0.2, 0) is 19.9 Å². The van der Waals surface area contributed by atoms with Crippen molar-refractivity contribution in [3.8, 4) is 0 Å². The van der Waals surface area contributed by atoms with Gasteiger partial charge < -0.3 is 5.32 Å². The molecule has 4 atom stereocenters. The maximum Gasteiger partial charge on any atom is 0.250 e. The van der Waals surface area contributed by atoms with Gasteiger partial charge in [-0.3, -0.25) is 19.3 Å². The summed E-state index contributed by atoms with van der Waals surface area (Å²) in [5.41, 5.74) is 1.70. The number of carbonyl (C=O) groups excluding carboxylic acids is 3. The summed E-state index contributed by atoms with van der Waals surface area (Å²) >= 11 is 12.3. The molecule has 6 rings (SSSR count). The molecule has 1 N–H and O–H groups in total. The number of benzene rings is 2. The summed E-state index contributed by atoms with van der Waals surface area (Å²) in [6.07, 6.45) is 1.66. The predicted molar refractivity (Wildman–Crippen MR) is 117 cm³/mol. The first kappa shape index (κ1) is 19.3. The number of halogens is 2. The lowest BCUT2D eigenvalue weighted by molar-refractivity contribution is -0.135. The zero-order valence-corrected chi connectivity index (χ0v) is 18.2. The van der Waals surface area contributed by atoms with E-state index in [1.54, 1.807) is 18.2 Å². The average Bonchev–Trinajstić information content (AvgIpc) is 3.39. The molecule has 1 spiro atoms. The summed E-state index contributed by atoms with van der Waals surface area (Å²) in [7, 11) is 0. The van der Waals surface area contributed by atoms with E-state index >= 15 is 0 Å². The molecular formula is C23H19Cl2N3O3. The molecule has 4 heterocycles. The van der Waals surface area contributed by atoms with E-state index in [4.69, 9.17) is 23.2 Å². The Balaban J connectivity index is 1.57. The Bertz CT molecular complexity index is 1180. The van der Waals surface area contributed by atoms with Crippen LogP contribution in [-0.4, -0.2) is 35.2 Å². The van der Waals surface area contributed by atoms with Crippen molar-refractivity contribution in [2.75, 3.05) is 16.8 Å². The molecule has 3 amide bonds. The number of fused-ring (bicyclic) bond motifs is 7. The van der Waals surface area contributed by atoms with Crippen molar-refractivity contribution in [2.24, 2.45) is 11.8 Å². The summed E-state index contributed by atoms with van der Waals surface area (Å²) < 4.78 is 0. The Morgan fingerprint density at radius 3 is 2.52 bits per heavy atom. The largest absolute Gasteiger partial charge is 0.324 e. The Labute approximate surface area is 189 Å². The van der Waals surface area contributed by atoms with Crippen molar-refractivity contribution in [1.29, 1.82) is 0 Å². The van der Waals surface area contributed by atoms with Gasteiger partial charge in [-0.15, -0.1) is 0 Å². The number of anilines is 2. The highest BCUT2D eigenvalue weighted by Gasteiger charge is 2.74. The van der Waals surface area contributed by atoms with Crippen LogP contribution in [0.15, 0.2) is 36.4 Å². The first-order valence-electron chi connectivity index (χ1n) is 10.4. The highest BCUT2D eigenvalue weighted by Crippen LogP contribution is 2.60. The number of imide groups is 1. The van der Waals surface area contributed by atoms with Crippen LogP contribution in [0.1, 0.15) is 24.0 Å². The third-order valence-electron chi connectivity index (χ3n) is 7.25. The predicted octanol–water partition coefficient (Wildman–Crippen LogP) is 3.73. The molecule has 0 radical (unpaired) electrons.